The molecule has 156 valence electrons. The summed E-state index contributed by atoms with van der Waals surface area (Å²) < 4.78 is 33.5. The number of nitrogens with one attached hydrogen (secondary N) is 1. The lowest BCUT2D eigenvalue weighted by Gasteiger charge is -2.26. The normalized spacial score (nSPS) is 16.6. The molecule has 1 aliphatic rings. The summed E-state index contributed by atoms with van der Waals surface area (Å²) in [6.45, 7) is 6.51. The maximum atomic E-state index is 13.4. The highest BCUT2D eigenvalue weighted by atomic mass is 32.2. The Hall–Kier alpha value is -2.38. The summed E-state index contributed by atoms with van der Waals surface area (Å²) in [6.07, 6.45) is 1.89. The summed E-state index contributed by atoms with van der Waals surface area (Å²) in [5.41, 5.74) is 3.30. The highest BCUT2D eigenvalue weighted by Crippen LogP contribution is 2.27. The number of carbonyl (C=O) groups excluding carboxylic acids is 1. The van der Waals surface area contributed by atoms with Crippen LogP contribution in [0.1, 0.15) is 29.5 Å². The Morgan fingerprint density at radius 2 is 1.79 bits per heavy atom. The number of amides is 1. The number of hydrogen-bond acceptors (Lipinski definition) is 4. The van der Waals surface area contributed by atoms with E-state index in [0.29, 0.717) is 18.8 Å². The van der Waals surface area contributed by atoms with E-state index in [1.807, 2.05) is 32.9 Å². The number of benzene rings is 2. The van der Waals surface area contributed by atoms with E-state index < -0.39 is 10.0 Å². The first-order chi connectivity index (χ1) is 13.8. The molecule has 7 heteroatoms. The van der Waals surface area contributed by atoms with Gasteiger partial charge < -0.3 is 10.1 Å². The molecule has 2 aromatic rings. The second-order valence-electron chi connectivity index (χ2n) is 7.55. The van der Waals surface area contributed by atoms with Gasteiger partial charge in [0.15, 0.2) is 0 Å². The van der Waals surface area contributed by atoms with Crippen molar-refractivity contribution in [2.24, 2.45) is 0 Å². The Balaban J connectivity index is 1.88. The van der Waals surface area contributed by atoms with Crippen LogP contribution in [0.5, 0.6) is 0 Å². The summed E-state index contributed by atoms with van der Waals surface area (Å²) in [5.74, 6) is -0.351. The molecular weight excluding hydrogens is 388 g/mol. The van der Waals surface area contributed by atoms with Crippen molar-refractivity contribution < 1.29 is 17.9 Å². The average molecular weight is 417 g/mol. The van der Waals surface area contributed by atoms with Crippen molar-refractivity contribution in [2.45, 2.75) is 44.6 Å². The van der Waals surface area contributed by atoms with E-state index in [1.165, 1.54) is 4.31 Å². The van der Waals surface area contributed by atoms with Crippen molar-refractivity contribution in [1.29, 1.82) is 0 Å². The Kier molecular flexibility index (Phi) is 6.59. The molecule has 1 saturated heterocycles. The van der Waals surface area contributed by atoms with Crippen molar-refractivity contribution in [2.75, 3.05) is 24.0 Å². The van der Waals surface area contributed by atoms with E-state index in [2.05, 4.69) is 5.32 Å². The fourth-order valence-electron chi connectivity index (χ4n) is 3.44. The van der Waals surface area contributed by atoms with Gasteiger partial charge in [0.1, 0.15) is 6.54 Å². The molecule has 1 unspecified atom stereocenters. The Morgan fingerprint density at radius 1 is 1.10 bits per heavy atom. The Bertz CT molecular complexity index is 965. The second kappa shape index (κ2) is 8.97. The lowest BCUT2D eigenvalue weighted by molar-refractivity contribution is -0.120. The lowest BCUT2D eigenvalue weighted by Crippen LogP contribution is -2.43. The standard InChI is InChI=1S/C22H28N2O4S/c1-16-6-9-20(10-7-16)29(26,27)24(21-11-8-17(2)13-18(21)3)15-22(25)23-14-19-5-4-12-28-19/h6-11,13,19H,4-5,12,14-15H2,1-3H3,(H,23,25). The van der Waals surface area contributed by atoms with Crippen LogP contribution in [-0.2, 0) is 19.6 Å². The molecule has 1 aliphatic heterocycles. The van der Waals surface area contributed by atoms with Gasteiger partial charge in [0.2, 0.25) is 5.91 Å². The van der Waals surface area contributed by atoms with E-state index in [0.717, 1.165) is 29.5 Å². The number of sulfonamides is 1. The second-order valence-corrected chi connectivity index (χ2v) is 9.42. The third-order valence-electron chi connectivity index (χ3n) is 5.07. The molecule has 0 aliphatic carbocycles. The average Bonchev–Trinajstić information content (AvgIpc) is 3.19. The molecule has 3 rings (SSSR count). The number of ether oxygens (including phenoxy) is 1. The fourth-order valence-corrected chi connectivity index (χ4v) is 4.93. The molecule has 1 heterocycles. The van der Waals surface area contributed by atoms with Gasteiger partial charge in [-0.2, -0.15) is 0 Å². The van der Waals surface area contributed by atoms with Crippen LogP contribution in [0.3, 0.4) is 0 Å². The van der Waals surface area contributed by atoms with Gasteiger partial charge in [-0.15, -0.1) is 0 Å². The van der Waals surface area contributed by atoms with E-state index in [1.54, 1.807) is 30.3 Å². The zero-order chi connectivity index (χ0) is 21.0. The monoisotopic (exact) mass is 416 g/mol. The maximum Gasteiger partial charge on any atom is 0.264 e. The van der Waals surface area contributed by atoms with Crippen LogP contribution in [0, 0.1) is 20.8 Å². The van der Waals surface area contributed by atoms with Crippen LogP contribution < -0.4 is 9.62 Å². The molecule has 0 aromatic heterocycles. The van der Waals surface area contributed by atoms with Crippen LogP contribution in [-0.4, -0.2) is 40.1 Å². The molecule has 1 fully saturated rings. The number of nitrogens with zero attached hydrogens (tertiary/aromatic N) is 1. The largest absolute Gasteiger partial charge is 0.376 e. The zero-order valence-corrected chi connectivity index (χ0v) is 18.0. The Morgan fingerprint density at radius 3 is 2.41 bits per heavy atom. The highest BCUT2D eigenvalue weighted by Gasteiger charge is 2.28. The van der Waals surface area contributed by atoms with Crippen molar-refractivity contribution in [1.82, 2.24) is 5.32 Å². The molecule has 29 heavy (non-hydrogen) atoms. The smallest absolute Gasteiger partial charge is 0.264 e. The minimum absolute atomic E-state index is 0.00205. The van der Waals surface area contributed by atoms with Crippen LogP contribution in [0.4, 0.5) is 5.69 Å². The number of aryl methyl sites for hydroxylation is 3. The van der Waals surface area contributed by atoms with Crippen molar-refractivity contribution in [3.05, 3.63) is 59.2 Å². The summed E-state index contributed by atoms with van der Waals surface area (Å²) >= 11 is 0. The van der Waals surface area contributed by atoms with Gasteiger partial charge in [0, 0.05) is 13.2 Å². The van der Waals surface area contributed by atoms with E-state index >= 15 is 0 Å². The third kappa shape index (κ3) is 5.16. The SMILES string of the molecule is Cc1ccc(S(=O)(=O)N(CC(=O)NCC2CCCO2)c2ccc(C)cc2C)cc1. The summed E-state index contributed by atoms with van der Waals surface area (Å²) in [6, 6.07) is 12.2. The van der Waals surface area contributed by atoms with Crippen LogP contribution >= 0.6 is 0 Å². The zero-order valence-electron chi connectivity index (χ0n) is 17.1. The molecule has 1 atom stereocenters. The molecule has 1 amide bonds. The van der Waals surface area contributed by atoms with Gasteiger partial charge in [-0.1, -0.05) is 35.4 Å². The number of carbonyl (C=O) groups is 1. The highest BCUT2D eigenvalue weighted by molar-refractivity contribution is 7.92. The summed E-state index contributed by atoms with van der Waals surface area (Å²) in [7, 11) is -3.90. The van der Waals surface area contributed by atoms with E-state index in [9.17, 15) is 13.2 Å². The van der Waals surface area contributed by atoms with Gasteiger partial charge >= 0.3 is 0 Å². The molecule has 1 N–H and O–H groups in total. The van der Waals surface area contributed by atoms with Gasteiger partial charge in [0.25, 0.3) is 10.0 Å². The van der Waals surface area contributed by atoms with Gasteiger partial charge in [-0.25, -0.2) is 8.42 Å². The maximum absolute atomic E-state index is 13.4. The lowest BCUT2D eigenvalue weighted by atomic mass is 10.1. The van der Waals surface area contributed by atoms with E-state index in [4.69, 9.17) is 4.74 Å². The van der Waals surface area contributed by atoms with Crippen molar-refractivity contribution >= 4 is 21.6 Å². The minimum Gasteiger partial charge on any atom is -0.376 e. The van der Waals surface area contributed by atoms with Crippen LogP contribution in [0.25, 0.3) is 0 Å². The minimum atomic E-state index is -3.90. The van der Waals surface area contributed by atoms with E-state index in [-0.39, 0.29) is 23.5 Å². The predicted molar refractivity (Wildman–Crippen MR) is 114 cm³/mol. The predicted octanol–water partition coefficient (Wildman–Crippen LogP) is 3.10. The molecule has 0 bridgehead atoms. The fraction of sp³-hybridized carbons (Fsp3) is 0.409. The Labute approximate surface area is 172 Å². The molecule has 0 saturated carbocycles. The number of rotatable bonds is 7. The van der Waals surface area contributed by atoms with Crippen molar-refractivity contribution in [3.8, 4) is 0 Å². The first kappa shape index (κ1) is 21.3. The molecule has 2 aromatic carbocycles. The van der Waals surface area contributed by atoms with Gasteiger partial charge in [-0.05, 0) is 57.4 Å². The number of anilines is 1. The quantitative estimate of drug-likeness (QED) is 0.753. The molecule has 0 radical (unpaired) electrons. The topological polar surface area (TPSA) is 75.7 Å². The first-order valence-corrected chi connectivity index (χ1v) is 11.3. The van der Waals surface area contributed by atoms with Gasteiger partial charge in [0.05, 0.1) is 16.7 Å². The van der Waals surface area contributed by atoms with Crippen LogP contribution in [0.2, 0.25) is 0 Å². The van der Waals surface area contributed by atoms with Crippen LogP contribution in [0.15, 0.2) is 47.4 Å². The van der Waals surface area contributed by atoms with Gasteiger partial charge in [-0.3, -0.25) is 9.10 Å². The summed E-state index contributed by atoms with van der Waals surface area (Å²) in [5, 5.41) is 2.82. The summed E-state index contributed by atoms with van der Waals surface area (Å²) in [4.78, 5) is 12.8. The first-order valence-electron chi connectivity index (χ1n) is 9.82. The molecule has 6 nitrogen and oxygen atoms in total. The molecule has 0 spiro atoms. The third-order valence-corrected chi connectivity index (χ3v) is 6.84. The molecular formula is C22H28N2O4S. The number of hydrogen-bond donors (Lipinski definition) is 1. The van der Waals surface area contributed by atoms with Crippen molar-refractivity contribution in [3.63, 3.8) is 0 Å².